The van der Waals surface area contributed by atoms with E-state index in [1.807, 2.05) is 31.2 Å². The molecular formula is C11H11N3O. The molecule has 0 aliphatic heterocycles. The molecule has 0 unspecified atom stereocenters. The number of hydrogen-bond donors (Lipinski definition) is 1. The Bertz CT molecular complexity index is 462. The van der Waals surface area contributed by atoms with E-state index in [0.29, 0.717) is 0 Å². The molecule has 0 radical (unpaired) electrons. The van der Waals surface area contributed by atoms with Crippen LogP contribution in [0.15, 0.2) is 42.7 Å². The first-order valence-electron chi connectivity index (χ1n) is 4.63. The highest BCUT2D eigenvalue weighted by Crippen LogP contribution is 2.09. The van der Waals surface area contributed by atoms with Gasteiger partial charge < -0.3 is 5.32 Å². The minimum absolute atomic E-state index is 0.259. The number of benzene rings is 1. The highest BCUT2D eigenvalue weighted by molar-refractivity contribution is 5.90. The van der Waals surface area contributed by atoms with E-state index in [1.54, 1.807) is 18.5 Å². The molecule has 4 nitrogen and oxygen atoms in total. The van der Waals surface area contributed by atoms with Gasteiger partial charge in [-0.15, -0.1) is 0 Å². The standard InChI is InChI=1S/C11H11N3O/c1-9-4-2-5-10(8-9)13-11(15)14-7-3-6-12-14/h2-8H,1H3,(H,13,15). The van der Waals surface area contributed by atoms with Crippen LogP contribution in [0.2, 0.25) is 0 Å². The summed E-state index contributed by atoms with van der Waals surface area (Å²) in [6.07, 6.45) is 3.17. The fourth-order valence-electron chi connectivity index (χ4n) is 1.29. The number of nitrogens with zero attached hydrogens (tertiary/aromatic N) is 2. The maximum absolute atomic E-state index is 11.6. The molecule has 0 bridgehead atoms. The molecule has 0 aliphatic rings. The van der Waals surface area contributed by atoms with E-state index in [4.69, 9.17) is 0 Å². The van der Waals surface area contributed by atoms with Crippen molar-refractivity contribution in [2.24, 2.45) is 0 Å². The maximum Gasteiger partial charge on any atom is 0.346 e. The van der Waals surface area contributed by atoms with Gasteiger partial charge in [0.2, 0.25) is 0 Å². The Morgan fingerprint density at radius 2 is 2.27 bits per heavy atom. The number of carbonyl (C=O) groups is 1. The van der Waals surface area contributed by atoms with Crippen molar-refractivity contribution in [3.8, 4) is 0 Å². The van der Waals surface area contributed by atoms with Crippen molar-refractivity contribution in [3.63, 3.8) is 0 Å². The lowest BCUT2D eigenvalue weighted by Crippen LogP contribution is -2.19. The summed E-state index contributed by atoms with van der Waals surface area (Å²) in [7, 11) is 0. The largest absolute Gasteiger partial charge is 0.346 e. The maximum atomic E-state index is 11.6. The number of rotatable bonds is 1. The van der Waals surface area contributed by atoms with Gasteiger partial charge in [0.25, 0.3) is 0 Å². The number of aryl methyl sites for hydroxylation is 1. The molecule has 2 aromatic rings. The first-order valence-corrected chi connectivity index (χ1v) is 4.63. The van der Waals surface area contributed by atoms with Crippen LogP contribution in [0, 0.1) is 6.92 Å². The van der Waals surface area contributed by atoms with Gasteiger partial charge in [-0.2, -0.15) is 9.78 Å². The second kappa shape index (κ2) is 3.96. The average molecular weight is 201 g/mol. The summed E-state index contributed by atoms with van der Waals surface area (Å²) in [5.74, 6) is 0. The van der Waals surface area contributed by atoms with E-state index in [0.717, 1.165) is 11.3 Å². The second-order valence-electron chi connectivity index (χ2n) is 3.25. The third-order valence-electron chi connectivity index (χ3n) is 1.98. The molecule has 1 aromatic carbocycles. The summed E-state index contributed by atoms with van der Waals surface area (Å²) in [4.78, 5) is 11.6. The highest BCUT2D eigenvalue weighted by atomic mass is 16.2. The number of hydrogen-bond acceptors (Lipinski definition) is 2. The zero-order valence-corrected chi connectivity index (χ0v) is 8.34. The molecule has 4 heteroatoms. The third kappa shape index (κ3) is 2.22. The molecule has 0 aliphatic carbocycles. The molecule has 0 fully saturated rings. The van der Waals surface area contributed by atoms with Crippen molar-refractivity contribution in [1.82, 2.24) is 9.78 Å². The monoisotopic (exact) mass is 201 g/mol. The van der Waals surface area contributed by atoms with Gasteiger partial charge >= 0.3 is 6.03 Å². The van der Waals surface area contributed by atoms with E-state index in [-0.39, 0.29) is 6.03 Å². The van der Waals surface area contributed by atoms with Gasteiger partial charge in [0.15, 0.2) is 0 Å². The summed E-state index contributed by atoms with van der Waals surface area (Å²) < 4.78 is 1.25. The Hall–Kier alpha value is -2.10. The number of carbonyl (C=O) groups excluding carboxylic acids is 1. The quantitative estimate of drug-likeness (QED) is 0.769. The van der Waals surface area contributed by atoms with Gasteiger partial charge in [0, 0.05) is 18.1 Å². The van der Waals surface area contributed by atoms with Gasteiger partial charge in [-0.05, 0) is 30.7 Å². The zero-order chi connectivity index (χ0) is 10.7. The van der Waals surface area contributed by atoms with Crippen LogP contribution in [0.3, 0.4) is 0 Å². The molecule has 1 heterocycles. The Labute approximate surface area is 87.5 Å². The number of amides is 1. The fraction of sp³-hybridized carbons (Fsp3) is 0.0909. The molecule has 15 heavy (non-hydrogen) atoms. The molecule has 0 saturated heterocycles. The normalized spacial score (nSPS) is 9.93. The van der Waals surface area contributed by atoms with Crippen molar-refractivity contribution < 1.29 is 4.79 Å². The predicted molar refractivity (Wildman–Crippen MR) is 57.8 cm³/mol. The summed E-state index contributed by atoms with van der Waals surface area (Å²) in [5.41, 5.74) is 1.88. The Morgan fingerprint density at radius 3 is 2.93 bits per heavy atom. The average Bonchev–Trinajstić information content (AvgIpc) is 2.70. The van der Waals surface area contributed by atoms with Crippen LogP contribution >= 0.6 is 0 Å². The molecular weight excluding hydrogens is 190 g/mol. The van der Waals surface area contributed by atoms with Gasteiger partial charge in [0.1, 0.15) is 0 Å². The second-order valence-corrected chi connectivity index (χ2v) is 3.25. The highest BCUT2D eigenvalue weighted by Gasteiger charge is 2.03. The minimum atomic E-state index is -0.259. The number of nitrogens with one attached hydrogen (secondary N) is 1. The van der Waals surface area contributed by atoms with E-state index in [1.165, 1.54) is 4.68 Å². The van der Waals surface area contributed by atoms with Crippen LogP contribution in [0.5, 0.6) is 0 Å². The molecule has 1 aromatic heterocycles. The molecule has 0 atom stereocenters. The minimum Gasteiger partial charge on any atom is -0.306 e. The van der Waals surface area contributed by atoms with Crippen LogP contribution in [-0.4, -0.2) is 15.8 Å². The summed E-state index contributed by atoms with van der Waals surface area (Å²) in [6, 6.07) is 9.06. The molecule has 2 rings (SSSR count). The van der Waals surface area contributed by atoms with E-state index in [2.05, 4.69) is 10.4 Å². The van der Waals surface area contributed by atoms with Crippen LogP contribution in [-0.2, 0) is 0 Å². The molecule has 1 N–H and O–H groups in total. The SMILES string of the molecule is Cc1cccc(NC(=O)n2cccn2)c1. The van der Waals surface area contributed by atoms with Crippen LogP contribution in [0.25, 0.3) is 0 Å². The summed E-state index contributed by atoms with van der Waals surface area (Å²) >= 11 is 0. The first-order chi connectivity index (χ1) is 7.25. The zero-order valence-electron chi connectivity index (χ0n) is 8.34. The Kier molecular flexibility index (Phi) is 2.49. The van der Waals surface area contributed by atoms with Crippen molar-refractivity contribution in [2.75, 3.05) is 5.32 Å². The summed E-state index contributed by atoms with van der Waals surface area (Å²) in [6.45, 7) is 1.98. The summed E-state index contributed by atoms with van der Waals surface area (Å²) in [5, 5.41) is 6.59. The van der Waals surface area contributed by atoms with Crippen LogP contribution in [0.1, 0.15) is 5.56 Å². The molecule has 1 amide bonds. The van der Waals surface area contributed by atoms with Crippen LogP contribution < -0.4 is 5.32 Å². The van der Waals surface area contributed by atoms with Crippen molar-refractivity contribution in [3.05, 3.63) is 48.3 Å². The lowest BCUT2D eigenvalue weighted by Gasteiger charge is -2.04. The van der Waals surface area contributed by atoms with E-state index < -0.39 is 0 Å². The lowest BCUT2D eigenvalue weighted by atomic mass is 10.2. The van der Waals surface area contributed by atoms with Gasteiger partial charge in [-0.3, -0.25) is 0 Å². The predicted octanol–water partition coefficient (Wildman–Crippen LogP) is 2.27. The van der Waals surface area contributed by atoms with Crippen molar-refractivity contribution in [1.29, 1.82) is 0 Å². The number of aromatic nitrogens is 2. The van der Waals surface area contributed by atoms with Gasteiger partial charge in [-0.1, -0.05) is 12.1 Å². The first kappa shape index (κ1) is 9.45. The Balaban J connectivity index is 2.13. The lowest BCUT2D eigenvalue weighted by molar-refractivity contribution is 0.251. The smallest absolute Gasteiger partial charge is 0.306 e. The van der Waals surface area contributed by atoms with Crippen molar-refractivity contribution >= 4 is 11.7 Å². The molecule has 76 valence electrons. The van der Waals surface area contributed by atoms with Crippen LogP contribution in [0.4, 0.5) is 10.5 Å². The van der Waals surface area contributed by atoms with Crippen molar-refractivity contribution in [2.45, 2.75) is 6.92 Å². The Morgan fingerprint density at radius 1 is 1.40 bits per heavy atom. The molecule has 0 saturated carbocycles. The van der Waals surface area contributed by atoms with E-state index in [9.17, 15) is 4.79 Å². The van der Waals surface area contributed by atoms with Gasteiger partial charge in [-0.25, -0.2) is 4.79 Å². The third-order valence-corrected chi connectivity index (χ3v) is 1.98. The topological polar surface area (TPSA) is 46.9 Å². The molecule has 0 spiro atoms. The van der Waals surface area contributed by atoms with E-state index >= 15 is 0 Å². The fourth-order valence-corrected chi connectivity index (χ4v) is 1.29. The number of anilines is 1. The van der Waals surface area contributed by atoms with Gasteiger partial charge in [0.05, 0.1) is 0 Å².